The molecule has 1 fully saturated rings. The van der Waals surface area contributed by atoms with Crippen LogP contribution in [0.4, 0.5) is 0 Å². The highest BCUT2D eigenvalue weighted by atomic mass is 16.5. The van der Waals surface area contributed by atoms with Gasteiger partial charge in [0.15, 0.2) is 0 Å². The lowest BCUT2D eigenvalue weighted by Gasteiger charge is -2.15. The molecule has 0 aliphatic carbocycles. The molecule has 1 aliphatic heterocycles. The first-order valence-corrected chi connectivity index (χ1v) is 7.75. The molecule has 1 aromatic rings. The van der Waals surface area contributed by atoms with Gasteiger partial charge >= 0.3 is 11.9 Å². The van der Waals surface area contributed by atoms with Crippen molar-refractivity contribution in [3.05, 3.63) is 35.9 Å². The van der Waals surface area contributed by atoms with Gasteiger partial charge in [-0.2, -0.15) is 0 Å². The maximum atomic E-state index is 12.1. The Morgan fingerprint density at radius 2 is 1.50 bits per heavy atom. The second kappa shape index (κ2) is 7.94. The highest BCUT2D eigenvalue weighted by Gasteiger charge is 2.43. The standard InChI is InChI=1S/C17H23NO4/c1-3-21-16(19)14-11-18(10-13-8-6-5-7-9-13)12-15(14)17(20)22-4-2/h5-9,14-15H,3-4,10-12H2,1-2H3/t14-,15?/m1/s1. The van der Waals surface area contributed by atoms with E-state index in [9.17, 15) is 9.59 Å². The molecule has 1 aromatic carbocycles. The van der Waals surface area contributed by atoms with E-state index in [-0.39, 0.29) is 11.9 Å². The Bertz CT molecular complexity index is 477. The highest BCUT2D eigenvalue weighted by molar-refractivity contribution is 5.83. The summed E-state index contributed by atoms with van der Waals surface area (Å²) in [6, 6.07) is 10.0. The van der Waals surface area contributed by atoms with Crippen LogP contribution in [0.1, 0.15) is 19.4 Å². The maximum absolute atomic E-state index is 12.1. The first-order valence-electron chi connectivity index (χ1n) is 7.75. The van der Waals surface area contributed by atoms with Gasteiger partial charge in [-0.25, -0.2) is 0 Å². The summed E-state index contributed by atoms with van der Waals surface area (Å²) in [6.45, 7) is 5.95. The van der Waals surface area contributed by atoms with E-state index >= 15 is 0 Å². The summed E-state index contributed by atoms with van der Waals surface area (Å²) in [4.78, 5) is 26.3. The third-order valence-electron chi connectivity index (χ3n) is 3.82. The number of carbonyl (C=O) groups excluding carboxylic acids is 2. The molecule has 0 bridgehead atoms. The summed E-state index contributed by atoms with van der Waals surface area (Å²) < 4.78 is 10.2. The van der Waals surface area contributed by atoms with E-state index in [1.807, 2.05) is 30.3 Å². The van der Waals surface area contributed by atoms with Crippen LogP contribution >= 0.6 is 0 Å². The van der Waals surface area contributed by atoms with Crippen LogP contribution < -0.4 is 0 Å². The second-order valence-electron chi connectivity index (χ2n) is 5.40. The number of likely N-dealkylation sites (tertiary alicyclic amines) is 1. The zero-order chi connectivity index (χ0) is 15.9. The molecule has 120 valence electrons. The number of carbonyl (C=O) groups is 2. The Morgan fingerprint density at radius 1 is 1.00 bits per heavy atom. The summed E-state index contributed by atoms with van der Waals surface area (Å²) in [5.41, 5.74) is 1.16. The third-order valence-corrected chi connectivity index (χ3v) is 3.82. The van der Waals surface area contributed by atoms with Crippen LogP contribution in [-0.2, 0) is 25.6 Å². The highest BCUT2D eigenvalue weighted by Crippen LogP contribution is 2.27. The molecule has 1 saturated heterocycles. The molecular weight excluding hydrogens is 282 g/mol. The molecule has 0 aromatic heterocycles. The Hall–Kier alpha value is -1.88. The van der Waals surface area contributed by atoms with E-state index in [1.54, 1.807) is 13.8 Å². The summed E-state index contributed by atoms with van der Waals surface area (Å²) in [5.74, 6) is -1.50. The monoisotopic (exact) mass is 305 g/mol. The molecule has 5 heteroatoms. The largest absolute Gasteiger partial charge is 0.466 e. The van der Waals surface area contributed by atoms with E-state index in [1.165, 1.54) is 0 Å². The van der Waals surface area contributed by atoms with Crippen molar-refractivity contribution in [2.45, 2.75) is 20.4 Å². The molecule has 1 aliphatic rings. The number of esters is 2. The molecule has 1 unspecified atom stereocenters. The lowest BCUT2D eigenvalue weighted by atomic mass is 9.96. The van der Waals surface area contributed by atoms with Crippen LogP contribution in [-0.4, -0.2) is 43.1 Å². The predicted molar refractivity (Wildman–Crippen MR) is 82.0 cm³/mol. The average Bonchev–Trinajstić information content (AvgIpc) is 2.93. The van der Waals surface area contributed by atoms with Gasteiger partial charge < -0.3 is 9.47 Å². The topological polar surface area (TPSA) is 55.8 Å². The fourth-order valence-electron chi connectivity index (χ4n) is 2.83. The van der Waals surface area contributed by atoms with Crippen molar-refractivity contribution in [1.29, 1.82) is 0 Å². The molecule has 0 amide bonds. The lowest BCUT2D eigenvalue weighted by molar-refractivity contribution is -0.157. The zero-order valence-corrected chi connectivity index (χ0v) is 13.2. The van der Waals surface area contributed by atoms with Gasteiger partial charge in [-0.05, 0) is 19.4 Å². The summed E-state index contributed by atoms with van der Waals surface area (Å²) >= 11 is 0. The van der Waals surface area contributed by atoms with Crippen LogP contribution in [0.5, 0.6) is 0 Å². The lowest BCUT2D eigenvalue weighted by Crippen LogP contribution is -2.31. The van der Waals surface area contributed by atoms with Gasteiger partial charge in [-0.15, -0.1) is 0 Å². The van der Waals surface area contributed by atoms with Crippen LogP contribution in [0.3, 0.4) is 0 Å². The van der Waals surface area contributed by atoms with Crippen molar-refractivity contribution in [2.24, 2.45) is 11.8 Å². The van der Waals surface area contributed by atoms with Crippen LogP contribution in [0, 0.1) is 11.8 Å². The maximum Gasteiger partial charge on any atom is 0.311 e. The smallest absolute Gasteiger partial charge is 0.311 e. The van der Waals surface area contributed by atoms with E-state index in [0.717, 1.165) is 5.56 Å². The molecule has 0 spiro atoms. The van der Waals surface area contributed by atoms with Crippen molar-refractivity contribution in [1.82, 2.24) is 4.90 Å². The van der Waals surface area contributed by atoms with Gasteiger partial charge in [0.1, 0.15) is 0 Å². The van der Waals surface area contributed by atoms with Gasteiger partial charge in [-0.1, -0.05) is 30.3 Å². The van der Waals surface area contributed by atoms with Crippen molar-refractivity contribution in [2.75, 3.05) is 26.3 Å². The average molecular weight is 305 g/mol. The molecule has 2 rings (SSSR count). The van der Waals surface area contributed by atoms with Crippen molar-refractivity contribution in [3.8, 4) is 0 Å². The molecular formula is C17H23NO4. The Morgan fingerprint density at radius 3 is 1.95 bits per heavy atom. The zero-order valence-electron chi connectivity index (χ0n) is 13.2. The van der Waals surface area contributed by atoms with Gasteiger partial charge in [0, 0.05) is 19.6 Å². The number of ether oxygens (including phenoxy) is 2. The molecule has 22 heavy (non-hydrogen) atoms. The van der Waals surface area contributed by atoms with Gasteiger partial charge in [0.25, 0.3) is 0 Å². The SMILES string of the molecule is CCOC(=O)C1CN(Cc2ccccc2)C[C@H]1C(=O)OCC. The van der Waals surface area contributed by atoms with Gasteiger partial charge in [0.05, 0.1) is 25.0 Å². The van der Waals surface area contributed by atoms with Crippen molar-refractivity contribution in [3.63, 3.8) is 0 Å². The summed E-state index contributed by atoms with van der Waals surface area (Å²) in [5, 5.41) is 0. The number of rotatable bonds is 6. The second-order valence-corrected chi connectivity index (χ2v) is 5.40. The van der Waals surface area contributed by atoms with E-state index < -0.39 is 11.8 Å². The molecule has 0 radical (unpaired) electrons. The van der Waals surface area contributed by atoms with Crippen LogP contribution in [0.25, 0.3) is 0 Å². The molecule has 0 N–H and O–H groups in total. The number of benzene rings is 1. The fourth-order valence-corrected chi connectivity index (χ4v) is 2.83. The number of hydrogen-bond acceptors (Lipinski definition) is 5. The minimum Gasteiger partial charge on any atom is -0.466 e. The normalized spacial score (nSPS) is 21.5. The van der Waals surface area contributed by atoms with Crippen molar-refractivity contribution < 1.29 is 19.1 Å². The number of nitrogens with zero attached hydrogens (tertiary/aromatic N) is 1. The molecule has 5 nitrogen and oxygen atoms in total. The van der Waals surface area contributed by atoms with E-state index in [4.69, 9.17) is 9.47 Å². The number of hydrogen-bond donors (Lipinski definition) is 0. The van der Waals surface area contributed by atoms with E-state index in [2.05, 4.69) is 4.90 Å². The molecule has 1 heterocycles. The first-order chi connectivity index (χ1) is 10.7. The quantitative estimate of drug-likeness (QED) is 0.751. The van der Waals surface area contributed by atoms with E-state index in [0.29, 0.717) is 32.8 Å². The van der Waals surface area contributed by atoms with Crippen LogP contribution in [0.15, 0.2) is 30.3 Å². The Kier molecular flexibility index (Phi) is 5.95. The Balaban J connectivity index is 2.06. The molecule has 2 atom stereocenters. The summed E-state index contributed by atoms with van der Waals surface area (Å²) in [7, 11) is 0. The predicted octanol–water partition coefficient (Wildman–Crippen LogP) is 1.86. The first kappa shape index (κ1) is 16.5. The minimum absolute atomic E-state index is 0.309. The fraction of sp³-hybridized carbons (Fsp3) is 0.529. The van der Waals surface area contributed by atoms with Gasteiger partial charge in [-0.3, -0.25) is 14.5 Å². The minimum atomic E-state index is -0.442. The third kappa shape index (κ3) is 4.07. The van der Waals surface area contributed by atoms with Crippen molar-refractivity contribution >= 4 is 11.9 Å². The Labute approximate surface area is 131 Å². The van der Waals surface area contributed by atoms with Crippen LogP contribution in [0.2, 0.25) is 0 Å². The summed E-state index contributed by atoms with van der Waals surface area (Å²) in [6.07, 6.45) is 0. The molecule has 0 saturated carbocycles. The van der Waals surface area contributed by atoms with Gasteiger partial charge in [0.2, 0.25) is 0 Å².